The Hall–Kier alpha value is -2.28. The molecule has 190 valence electrons. The van der Waals surface area contributed by atoms with Crippen LogP contribution in [0.1, 0.15) is 19.8 Å². The van der Waals surface area contributed by atoms with E-state index in [0.717, 1.165) is 32.7 Å². The van der Waals surface area contributed by atoms with E-state index in [4.69, 9.17) is 5.73 Å². The maximum Gasteiger partial charge on any atom is 0.317 e. The number of likely N-dealkylation sites (N-methyl/N-ethyl adjacent to an activating group) is 3. The third-order valence-corrected chi connectivity index (χ3v) is 5.81. The highest BCUT2D eigenvalue weighted by Gasteiger charge is 2.23. The molecule has 1 atom stereocenters. The third kappa shape index (κ3) is 12.5. The Bertz CT molecular complexity index is 648. The summed E-state index contributed by atoms with van der Waals surface area (Å²) in [4.78, 5) is 55.6. The van der Waals surface area contributed by atoms with Gasteiger partial charge in [0.2, 0.25) is 17.7 Å². The molecule has 0 saturated carbocycles. The Morgan fingerprint density at radius 3 is 1.94 bits per heavy atom. The summed E-state index contributed by atoms with van der Waals surface area (Å²) in [6, 6.07) is -0.839. The molecule has 1 aliphatic rings. The lowest BCUT2D eigenvalue weighted by Gasteiger charge is -2.32. The number of nitrogens with zero attached hydrogens (tertiary/aromatic N) is 4. The van der Waals surface area contributed by atoms with E-state index in [1.165, 1.54) is 7.05 Å². The number of carbonyl (C=O) groups is 4. The first-order chi connectivity index (χ1) is 15.6. The molecule has 1 aliphatic heterocycles. The van der Waals surface area contributed by atoms with E-state index in [0.29, 0.717) is 26.2 Å². The van der Waals surface area contributed by atoms with Crippen molar-refractivity contribution in [1.82, 2.24) is 30.2 Å². The van der Waals surface area contributed by atoms with Gasteiger partial charge in [0.05, 0.1) is 13.1 Å². The normalized spacial score (nSPS) is 19.1. The molecule has 1 heterocycles. The molecular formula is C21H41N7O5. The van der Waals surface area contributed by atoms with E-state index in [9.17, 15) is 24.3 Å². The molecule has 1 rings (SSSR count). The van der Waals surface area contributed by atoms with Gasteiger partial charge in [0.25, 0.3) is 0 Å². The molecule has 33 heavy (non-hydrogen) atoms. The van der Waals surface area contributed by atoms with Gasteiger partial charge in [-0.15, -0.1) is 0 Å². The summed E-state index contributed by atoms with van der Waals surface area (Å²) in [6.45, 7) is 8.61. The summed E-state index contributed by atoms with van der Waals surface area (Å²) in [7, 11) is 3.51. The largest absolute Gasteiger partial charge is 0.480 e. The highest BCUT2D eigenvalue weighted by Crippen LogP contribution is 2.02. The van der Waals surface area contributed by atoms with Crippen molar-refractivity contribution in [2.45, 2.75) is 25.8 Å². The molecule has 1 unspecified atom stereocenters. The van der Waals surface area contributed by atoms with Crippen LogP contribution in [-0.2, 0) is 19.2 Å². The van der Waals surface area contributed by atoms with E-state index in [1.54, 1.807) is 0 Å². The lowest BCUT2D eigenvalue weighted by molar-refractivity contribution is -0.138. The average Bonchev–Trinajstić information content (AvgIpc) is 2.76. The van der Waals surface area contributed by atoms with Crippen LogP contribution in [0.15, 0.2) is 0 Å². The second-order valence-electron chi connectivity index (χ2n) is 8.42. The zero-order valence-electron chi connectivity index (χ0n) is 20.2. The Morgan fingerprint density at radius 2 is 1.42 bits per heavy atom. The van der Waals surface area contributed by atoms with Gasteiger partial charge >= 0.3 is 5.97 Å². The van der Waals surface area contributed by atoms with Crippen molar-refractivity contribution in [3.05, 3.63) is 0 Å². The van der Waals surface area contributed by atoms with Crippen molar-refractivity contribution in [3.63, 3.8) is 0 Å². The third-order valence-electron chi connectivity index (χ3n) is 5.81. The van der Waals surface area contributed by atoms with Gasteiger partial charge in [0.15, 0.2) is 0 Å². The molecule has 1 fully saturated rings. The van der Waals surface area contributed by atoms with Gasteiger partial charge in [0.1, 0.15) is 6.04 Å². The first kappa shape index (κ1) is 28.8. The fourth-order valence-electron chi connectivity index (χ4n) is 3.63. The molecule has 3 amide bonds. The topological polar surface area (TPSA) is 152 Å². The number of carbonyl (C=O) groups excluding carboxylic acids is 3. The highest BCUT2D eigenvalue weighted by molar-refractivity contribution is 5.88. The van der Waals surface area contributed by atoms with E-state index in [-0.39, 0.29) is 37.7 Å². The average molecular weight is 472 g/mol. The molecule has 12 heteroatoms. The SMILES string of the molecule is CCN1CCN(C)CCN(CC(=O)O)CCN(CC(=O)NC(CCC(N)=O)C(=O)NC)CC1. The molecular weight excluding hydrogens is 430 g/mol. The first-order valence-corrected chi connectivity index (χ1v) is 11.5. The van der Waals surface area contributed by atoms with Crippen LogP contribution >= 0.6 is 0 Å². The number of carboxylic acids is 1. The number of rotatable bonds is 10. The lowest BCUT2D eigenvalue weighted by Crippen LogP contribution is -2.51. The number of aliphatic carboxylic acids is 1. The first-order valence-electron chi connectivity index (χ1n) is 11.5. The number of nitrogens with one attached hydrogen (secondary N) is 2. The van der Waals surface area contributed by atoms with Crippen molar-refractivity contribution in [1.29, 1.82) is 0 Å². The van der Waals surface area contributed by atoms with Crippen LogP contribution in [0.3, 0.4) is 0 Å². The summed E-state index contributed by atoms with van der Waals surface area (Å²) in [5.74, 6) is -2.13. The van der Waals surface area contributed by atoms with Crippen molar-refractivity contribution >= 4 is 23.7 Å². The van der Waals surface area contributed by atoms with Gasteiger partial charge in [-0.25, -0.2) is 0 Å². The predicted molar refractivity (Wildman–Crippen MR) is 125 cm³/mol. The summed E-state index contributed by atoms with van der Waals surface area (Å²) in [5.41, 5.74) is 5.18. The maximum absolute atomic E-state index is 12.7. The van der Waals surface area contributed by atoms with Gasteiger partial charge in [-0.2, -0.15) is 0 Å². The minimum Gasteiger partial charge on any atom is -0.480 e. The van der Waals surface area contributed by atoms with Crippen molar-refractivity contribution in [2.75, 3.05) is 86.1 Å². The standard InChI is InChI=1S/C21H41N7O5/c1-4-26-9-7-25(3)8-10-28(16-20(31)32)14-13-27(12-11-26)15-19(30)24-17(21(33)23-2)5-6-18(22)29/h17H,4-16H2,1-3H3,(H2,22,29)(H,23,33)(H,24,30)(H,31,32). The van der Waals surface area contributed by atoms with Crippen LogP contribution in [0, 0.1) is 0 Å². The lowest BCUT2D eigenvalue weighted by atomic mass is 10.1. The summed E-state index contributed by atoms with van der Waals surface area (Å²) in [5, 5.41) is 14.4. The Labute approximate surface area is 196 Å². The van der Waals surface area contributed by atoms with Crippen molar-refractivity contribution < 1.29 is 24.3 Å². The second-order valence-corrected chi connectivity index (χ2v) is 8.42. The molecule has 0 radical (unpaired) electrons. The van der Waals surface area contributed by atoms with Crippen LogP contribution in [0.4, 0.5) is 0 Å². The van der Waals surface area contributed by atoms with Crippen LogP contribution in [0.25, 0.3) is 0 Å². The number of hydrogen-bond donors (Lipinski definition) is 4. The maximum atomic E-state index is 12.7. The van der Waals surface area contributed by atoms with E-state index in [2.05, 4.69) is 27.4 Å². The molecule has 0 bridgehead atoms. The number of carboxylic acid groups (broad SMARTS) is 1. The van der Waals surface area contributed by atoms with Gasteiger partial charge in [-0.3, -0.25) is 29.0 Å². The zero-order chi connectivity index (χ0) is 24.8. The number of amides is 3. The smallest absolute Gasteiger partial charge is 0.317 e. The Balaban J connectivity index is 2.83. The number of hydrogen-bond acceptors (Lipinski definition) is 8. The summed E-state index contributed by atoms with van der Waals surface area (Å²) >= 11 is 0. The monoisotopic (exact) mass is 471 g/mol. The minimum absolute atomic E-state index is 0.00780. The number of nitrogens with two attached hydrogens (primary N) is 1. The van der Waals surface area contributed by atoms with Gasteiger partial charge in [-0.1, -0.05) is 6.92 Å². The van der Waals surface area contributed by atoms with Crippen molar-refractivity contribution in [2.24, 2.45) is 5.73 Å². The minimum atomic E-state index is -0.880. The van der Waals surface area contributed by atoms with E-state index >= 15 is 0 Å². The molecule has 0 spiro atoms. The predicted octanol–water partition coefficient (Wildman–Crippen LogP) is -2.56. The molecule has 0 aromatic carbocycles. The highest BCUT2D eigenvalue weighted by atomic mass is 16.4. The molecule has 12 nitrogen and oxygen atoms in total. The Kier molecular flexibility index (Phi) is 13.5. The van der Waals surface area contributed by atoms with E-state index < -0.39 is 17.9 Å². The van der Waals surface area contributed by atoms with Crippen LogP contribution in [-0.4, -0.2) is 141 Å². The summed E-state index contributed by atoms with van der Waals surface area (Å²) in [6.07, 6.45) is 0.121. The van der Waals surface area contributed by atoms with Gasteiger partial charge in [0, 0.05) is 65.8 Å². The van der Waals surface area contributed by atoms with Crippen LogP contribution in [0.2, 0.25) is 0 Å². The van der Waals surface area contributed by atoms with Crippen molar-refractivity contribution in [3.8, 4) is 0 Å². The molecule has 1 saturated heterocycles. The Morgan fingerprint density at radius 1 is 0.909 bits per heavy atom. The fourth-order valence-corrected chi connectivity index (χ4v) is 3.63. The molecule has 0 aliphatic carbocycles. The number of primary amides is 1. The van der Waals surface area contributed by atoms with Crippen LogP contribution in [0.5, 0.6) is 0 Å². The zero-order valence-corrected chi connectivity index (χ0v) is 20.2. The second kappa shape index (κ2) is 15.5. The van der Waals surface area contributed by atoms with E-state index in [1.807, 2.05) is 16.8 Å². The van der Waals surface area contributed by atoms with Gasteiger partial charge in [-0.05, 0) is 20.0 Å². The molecule has 0 aromatic heterocycles. The van der Waals surface area contributed by atoms with Gasteiger partial charge < -0.3 is 31.3 Å². The quantitative estimate of drug-likeness (QED) is 0.270. The fraction of sp³-hybridized carbons (Fsp3) is 0.810. The molecule has 5 N–H and O–H groups in total. The summed E-state index contributed by atoms with van der Waals surface area (Å²) < 4.78 is 0. The van der Waals surface area contributed by atoms with Crippen LogP contribution < -0.4 is 16.4 Å². The molecule has 0 aromatic rings.